The maximum atomic E-state index is 10.2. The van der Waals surface area contributed by atoms with Crippen LogP contribution in [0.25, 0.3) is 5.82 Å². The van der Waals surface area contributed by atoms with Gasteiger partial charge in [0.1, 0.15) is 23.2 Å². The third-order valence-corrected chi connectivity index (χ3v) is 4.53. The summed E-state index contributed by atoms with van der Waals surface area (Å²) >= 11 is 0. The first kappa shape index (κ1) is 26.8. The first-order valence-corrected chi connectivity index (χ1v) is 10.7. The number of ketones is 2. The van der Waals surface area contributed by atoms with Gasteiger partial charge in [0.15, 0.2) is 0 Å². The number of rotatable bonds is 4. The average Bonchev–Trinajstić information content (AvgIpc) is 2.97. The van der Waals surface area contributed by atoms with E-state index in [1.807, 2.05) is 32.9 Å². The van der Waals surface area contributed by atoms with Crippen molar-refractivity contribution in [1.29, 1.82) is 0 Å². The van der Waals surface area contributed by atoms with Crippen LogP contribution in [0.5, 0.6) is 0 Å². The van der Waals surface area contributed by atoms with Crippen LogP contribution in [-0.4, -0.2) is 26.1 Å². The molecule has 3 aromatic heterocycles. The molecule has 3 heterocycles. The van der Waals surface area contributed by atoms with Crippen molar-refractivity contribution in [2.75, 3.05) is 5.73 Å². The van der Waals surface area contributed by atoms with Crippen LogP contribution in [-0.2, 0) is 9.59 Å². The molecule has 3 rings (SSSR count). The Morgan fingerprint density at radius 3 is 1.56 bits per heavy atom. The van der Waals surface area contributed by atoms with Crippen LogP contribution in [0.2, 0.25) is 0 Å². The highest BCUT2D eigenvalue weighted by Crippen LogP contribution is 2.16. The lowest BCUT2D eigenvalue weighted by molar-refractivity contribution is -0.122. The molecule has 0 saturated carbocycles. The molecule has 0 aromatic carbocycles. The molecular weight excluding hydrogens is 400 g/mol. The molecule has 0 bridgehead atoms. The average molecular weight is 437 g/mol. The summed E-state index contributed by atoms with van der Waals surface area (Å²) in [6.07, 6.45) is 0.796. The predicted molar refractivity (Wildman–Crippen MR) is 131 cm³/mol. The Morgan fingerprint density at radius 2 is 1.19 bits per heavy atom. The highest BCUT2D eigenvalue weighted by atomic mass is 16.1. The Balaban J connectivity index is 0.000000260. The number of hydrogen-bond acceptors (Lipinski definition) is 5. The minimum Gasteiger partial charge on any atom is -0.384 e. The molecule has 0 fully saturated rings. The van der Waals surface area contributed by atoms with Gasteiger partial charge in [0, 0.05) is 35.6 Å². The smallest absolute Gasteiger partial charge is 0.137 e. The molecule has 0 spiro atoms. The van der Waals surface area contributed by atoms with Crippen molar-refractivity contribution in [2.24, 2.45) is 0 Å². The lowest BCUT2D eigenvalue weighted by Crippen LogP contribution is -2.02. The lowest BCUT2D eigenvalue weighted by atomic mass is 10.2. The van der Waals surface area contributed by atoms with Crippen molar-refractivity contribution in [2.45, 2.75) is 68.2 Å². The second-order valence-corrected chi connectivity index (χ2v) is 8.21. The molecule has 2 N–H and O–H groups in total. The van der Waals surface area contributed by atoms with Crippen LogP contribution < -0.4 is 5.73 Å². The number of hydrogen-bond donors (Lipinski definition) is 1. The second-order valence-electron chi connectivity index (χ2n) is 8.21. The van der Waals surface area contributed by atoms with Gasteiger partial charge in [-0.25, -0.2) is 9.97 Å². The molecule has 6 nitrogen and oxygen atoms in total. The first-order chi connectivity index (χ1) is 14.9. The van der Waals surface area contributed by atoms with Gasteiger partial charge >= 0.3 is 0 Å². The fourth-order valence-corrected chi connectivity index (χ4v) is 3.19. The van der Waals surface area contributed by atoms with Crippen LogP contribution in [0.4, 0.5) is 5.82 Å². The van der Waals surface area contributed by atoms with E-state index in [9.17, 15) is 9.59 Å². The van der Waals surface area contributed by atoms with Crippen LogP contribution in [0.3, 0.4) is 0 Å². The highest BCUT2D eigenvalue weighted by molar-refractivity contribution is 5.83. The van der Waals surface area contributed by atoms with E-state index < -0.39 is 0 Å². The molecule has 0 amide bonds. The van der Waals surface area contributed by atoms with Gasteiger partial charge in [-0.1, -0.05) is 0 Å². The highest BCUT2D eigenvalue weighted by Gasteiger charge is 2.05. The lowest BCUT2D eigenvalue weighted by Gasteiger charge is -2.10. The van der Waals surface area contributed by atoms with Crippen molar-refractivity contribution in [3.63, 3.8) is 0 Å². The monoisotopic (exact) mass is 436 g/mol. The summed E-state index contributed by atoms with van der Waals surface area (Å²) in [5.74, 6) is 1.79. The Bertz CT molecular complexity index is 963. The number of aromatic nitrogens is 3. The molecule has 0 saturated heterocycles. The Labute approximate surface area is 191 Å². The molecular formula is C26H36N4O2. The van der Waals surface area contributed by atoms with Gasteiger partial charge in [0.25, 0.3) is 0 Å². The van der Waals surface area contributed by atoms with Gasteiger partial charge in [-0.15, -0.1) is 0 Å². The van der Waals surface area contributed by atoms with Crippen LogP contribution in [0, 0.1) is 41.5 Å². The SMILES string of the molecule is CC(=O)CCC(C)=O.Cc1cc(C)nc(-n2c(C)ccc2C)c1.Cc1cc(C)nc(N)c1. The number of carbonyl (C=O) groups is 2. The standard InChI is InChI=1S/C13H16N2.C7H10N2.C6H10O2/c1-9-7-10(2)14-13(8-9)15-11(3)5-6-12(15)4;1-5-3-6(2)9-7(8)4-5;1-5(7)3-4-6(2)8/h5-8H,1-4H3;3-4H,1-2H3,(H2,8,9);3-4H2,1-2H3. The third kappa shape index (κ3) is 9.69. The zero-order valence-electron chi connectivity index (χ0n) is 20.6. The van der Waals surface area contributed by atoms with Gasteiger partial charge in [-0.3, -0.25) is 0 Å². The van der Waals surface area contributed by atoms with Crippen molar-refractivity contribution >= 4 is 17.4 Å². The van der Waals surface area contributed by atoms with Crippen molar-refractivity contribution < 1.29 is 9.59 Å². The molecule has 3 aromatic rings. The van der Waals surface area contributed by atoms with Crippen molar-refractivity contribution in [1.82, 2.24) is 14.5 Å². The molecule has 0 unspecified atom stereocenters. The predicted octanol–water partition coefficient (Wildman–Crippen LogP) is 5.33. The number of anilines is 1. The van der Waals surface area contributed by atoms with Crippen molar-refractivity contribution in [3.8, 4) is 5.82 Å². The minimum atomic E-state index is 0.0835. The van der Waals surface area contributed by atoms with E-state index in [4.69, 9.17) is 5.73 Å². The maximum Gasteiger partial charge on any atom is 0.137 e. The van der Waals surface area contributed by atoms with E-state index in [0.717, 1.165) is 17.2 Å². The molecule has 0 atom stereocenters. The van der Waals surface area contributed by atoms with Gasteiger partial charge in [0.05, 0.1) is 0 Å². The van der Waals surface area contributed by atoms with Crippen molar-refractivity contribution in [3.05, 3.63) is 70.3 Å². The Kier molecular flexibility index (Phi) is 10.5. The summed E-state index contributed by atoms with van der Waals surface area (Å²) in [4.78, 5) is 29.0. The molecule has 0 radical (unpaired) electrons. The summed E-state index contributed by atoms with van der Waals surface area (Å²) in [6.45, 7) is 15.3. The number of nitrogen functional groups attached to an aromatic ring is 1. The Morgan fingerprint density at radius 1 is 0.750 bits per heavy atom. The number of nitrogens with zero attached hydrogens (tertiary/aromatic N) is 3. The topological polar surface area (TPSA) is 90.9 Å². The molecule has 0 aliphatic rings. The summed E-state index contributed by atoms with van der Waals surface area (Å²) in [7, 11) is 0. The molecule has 0 aliphatic heterocycles. The number of Topliss-reactive ketones (excluding diaryl/α,β-unsaturated/α-hetero) is 2. The fraction of sp³-hybridized carbons (Fsp3) is 0.385. The van der Waals surface area contributed by atoms with E-state index in [2.05, 4.69) is 59.6 Å². The van der Waals surface area contributed by atoms with Gasteiger partial charge in [-0.05, 0) is 103 Å². The fourth-order valence-electron chi connectivity index (χ4n) is 3.19. The van der Waals surface area contributed by atoms with E-state index >= 15 is 0 Å². The van der Waals surface area contributed by atoms with Gasteiger partial charge < -0.3 is 19.9 Å². The molecule has 6 heteroatoms. The number of aryl methyl sites for hydroxylation is 6. The second kappa shape index (κ2) is 12.5. The zero-order chi connectivity index (χ0) is 24.4. The van der Waals surface area contributed by atoms with Gasteiger partial charge in [0.2, 0.25) is 0 Å². The third-order valence-electron chi connectivity index (χ3n) is 4.53. The summed E-state index contributed by atoms with van der Waals surface area (Å²) in [6, 6.07) is 12.3. The number of pyridine rings is 2. The summed E-state index contributed by atoms with van der Waals surface area (Å²) < 4.78 is 2.18. The quantitative estimate of drug-likeness (QED) is 0.597. The zero-order valence-corrected chi connectivity index (χ0v) is 20.6. The van der Waals surface area contributed by atoms with Crippen LogP contribution in [0.15, 0.2) is 36.4 Å². The summed E-state index contributed by atoms with van der Waals surface area (Å²) in [5.41, 5.74) is 12.4. The van der Waals surface area contributed by atoms with Crippen LogP contribution in [0.1, 0.15) is 60.6 Å². The largest absolute Gasteiger partial charge is 0.384 e. The van der Waals surface area contributed by atoms with Crippen LogP contribution >= 0.6 is 0 Å². The molecule has 0 aliphatic carbocycles. The normalized spacial score (nSPS) is 9.88. The number of nitrogens with two attached hydrogens (primary N) is 1. The molecule has 172 valence electrons. The first-order valence-electron chi connectivity index (χ1n) is 10.7. The van der Waals surface area contributed by atoms with Gasteiger partial charge in [-0.2, -0.15) is 0 Å². The number of carbonyl (C=O) groups excluding carboxylic acids is 2. The van der Waals surface area contributed by atoms with E-state index in [0.29, 0.717) is 18.7 Å². The summed E-state index contributed by atoms with van der Waals surface area (Å²) in [5, 5.41) is 0. The maximum absolute atomic E-state index is 10.2. The minimum absolute atomic E-state index is 0.0835. The van der Waals surface area contributed by atoms with E-state index in [1.54, 1.807) is 0 Å². The molecule has 32 heavy (non-hydrogen) atoms. The Hall–Kier alpha value is -3.28. The van der Waals surface area contributed by atoms with E-state index in [1.165, 1.54) is 36.4 Å². The van der Waals surface area contributed by atoms with E-state index in [-0.39, 0.29) is 11.6 Å².